The van der Waals surface area contributed by atoms with Gasteiger partial charge in [-0.3, -0.25) is 4.79 Å². The molecule has 4 heteroatoms. The number of hydrogen-bond donors (Lipinski definition) is 2. The summed E-state index contributed by atoms with van der Waals surface area (Å²) in [7, 11) is 0. The number of benzene rings is 1. The standard InChI is InChI=1S/C16H19N3O/c1-10-5-3-4-6-13(10)11(2)17-14-9-15(20)19-16(18-14)12-7-8-12/h3-6,9,11-12H,7-8H2,1-2H3,(H2,17,18,19,20). The number of aryl methyl sites for hydroxylation is 1. The van der Waals surface area contributed by atoms with Crippen LogP contribution in [0.4, 0.5) is 5.82 Å². The minimum absolute atomic E-state index is 0.0821. The molecule has 1 aromatic carbocycles. The van der Waals surface area contributed by atoms with E-state index in [1.54, 1.807) is 0 Å². The van der Waals surface area contributed by atoms with Crippen molar-refractivity contribution in [2.75, 3.05) is 5.32 Å². The maximum atomic E-state index is 11.7. The van der Waals surface area contributed by atoms with E-state index in [0.29, 0.717) is 11.7 Å². The van der Waals surface area contributed by atoms with Crippen molar-refractivity contribution >= 4 is 5.82 Å². The molecule has 0 saturated heterocycles. The van der Waals surface area contributed by atoms with Gasteiger partial charge in [0.1, 0.15) is 11.6 Å². The first-order valence-electron chi connectivity index (χ1n) is 7.07. The van der Waals surface area contributed by atoms with Crippen LogP contribution in [0.5, 0.6) is 0 Å². The van der Waals surface area contributed by atoms with Gasteiger partial charge in [-0.05, 0) is 37.8 Å². The van der Waals surface area contributed by atoms with Crippen LogP contribution in [0.2, 0.25) is 0 Å². The van der Waals surface area contributed by atoms with Gasteiger partial charge in [0.2, 0.25) is 0 Å². The number of nitrogens with zero attached hydrogens (tertiary/aromatic N) is 1. The van der Waals surface area contributed by atoms with Crippen LogP contribution in [0.1, 0.15) is 48.7 Å². The maximum Gasteiger partial charge on any atom is 0.252 e. The van der Waals surface area contributed by atoms with Crippen LogP contribution >= 0.6 is 0 Å². The second kappa shape index (κ2) is 5.12. The van der Waals surface area contributed by atoms with Gasteiger partial charge < -0.3 is 10.3 Å². The number of nitrogens with one attached hydrogen (secondary N) is 2. The molecule has 1 aromatic heterocycles. The highest BCUT2D eigenvalue weighted by Gasteiger charge is 2.26. The lowest BCUT2D eigenvalue weighted by atomic mass is 10.0. The van der Waals surface area contributed by atoms with Crippen molar-refractivity contribution in [1.82, 2.24) is 9.97 Å². The Hall–Kier alpha value is -2.10. The van der Waals surface area contributed by atoms with Gasteiger partial charge in [0, 0.05) is 12.0 Å². The Kier molecular flexibility index (Phi) is 3.30. The van der Waals surface area contributed by atoms with E-state index >= 15 is 0 Å². The predicted molar refractivity (Wildman–Crippen MR) is 80.0 cm³/mol. The highest BCUT2D eigenvalue weighted by molar-refractivity contribution is 5.40. The molecule has 0 spiro atoms. The number of aromatic nitrogens is 2. The van der Waals surface area contributed by atoms with Gasteiger partial charge >= 0.3 is 0 Å². The predicted octanol–water partition coefficient (Wildman–Crippen LogP) is 3.13. The van der Waals surface area contributed by atoms with E-state index in [2.05, 4.69) is 41.3 Å². The van der Waals surface area contributed by atoms with Gasteiger partial charge in [-0.1, -0.05) is 24.3 Å². The Morgan fingerprint density at radius 1 is 1.35 bits per heavy atom. The molecule has 1 aliphatic carbocycles. The van der Waals surface area contributed by atoms with E-state index in [0.717, 1.165) is 18.7 Å². The van der Waals surface area contributed by atoms with E-state index in [1.807, 2.05) is 12.1 Å². The Labute approximate surface area is 118 Å². The first kappa shape index (κ1) is 12.9. The van der Waals surface area contributed by atoms with Crippen molar-refractivity contribution in [3.05, 3.63) is 57.6 Å². The van der Waals surface area contributed by atoms with Gasteiger partial charge in [-0.2, -0.15) is 0 Å². The molecular weight excluding hydrogens is 250 g/mol. The summed E-state index contributed by atoms with van der Waals surface area (Å²) in [6, 6.07) is 9.90. The van der Waals surface area contributed by atoms with Crippen molar-refractivity contribution in [1.29, 1.82) is 0 Å². The van der Waals surface area contributed by atoms with Crippen molar-refractivity contribution in [3.8, 4) is 0 Å². The first-order valence-corrected chi connectivity index (χ1v) is 7.07. The normalized spacial score (nSPS) is 15.9. The minimum Gasteiger partial charge on any atom is -0.363 e. The fourth-order valence-electron chi connectivity index (χ4n) is 2.47. The molecule has 1 aliphatic rings. The summed E-state index contributed by atoms with van der Waals surface area (Å²) in [5, 5.41) is 3.33. The molecular formula is C16H19N3O. The molecule has 0 bridgehead atoms. The quantitative estimate of drug-likeness (QED) is 0.896. The molecule has 4 nitrogen and oxygen atoms in total. The number of anilines is 1. The molecule has 0 amide bonds. The number of hydrogen-bond acceptors (Lipinski definition) is 3. The summed E-state index contributed by atoms with van der Waals surface area (Å²) in [6.45, 7) is 4.18. The van der Waals surface area contributed by atoms with E-state index < -0.39 is 0 Å². The molecule has 1 saturated carbocycles. The Morgan fingerprint density at radius 3 is 2.80 bits per heavy atom. The van der Waals surface area contributed by atoms with Crippen LogP contribution in [-0.4, -0.2) is 9.97 Å². The molecule has 1 atom stereocenters. The lowest BCUT2D eigenvalue weighted by Crippen LogP contribution is -2.15. The van der Waals surface area contributed by atoms with Crippen LogP contribution in [0.25, 0.3) is 0 Å². The molecule has 20 heavy (non-hydrogen) atoms. The number of H-pyrrole nitrogens is 1. The van der Waals surface area contributed by atoms with E-state index in [9.17, 15) is 4.79 Å². The highest BCUT2D eigenvalue weighted by atomic mass is 16.1. The van der Waals surface area contributed by atoms with Crippen LogP contribution in [0, 0.1) is 6.92 Å². The average Bonchev–Trinajstić information content (AvgIpc) is 3.22. The third-order valence-electron chi connectivity index (χ3n) is 3.74. The molecule has 2 N–H and O–H groups in total. The summed E-state index contributed by atoms with van der Waals surface area (Å²) in [6.07, 6.45) is 2.25. The summed E-state index contributed by atoms with van der Waals surface area (Å²) < 4.78 is 0. The van der Waals surface area contributed by atoms with Gasteiger partial charge in [-0.15, -0.1) is 0 Å². The van der Waals surface area contributed by atoms with Gasteiger partial charge in [0.25, 0.3) is 5.56 Å². The van der Waals surface area contributed by atoms with Crippen molar-refractivity contribution in [2.45, 2.75) is 38.6 Å². The van der Waals surface area contributed by atoms with Crippen molar-refractivity contribution < 1.29 is 0 Å². The maximum absolute atomic E-state index is 11.7. The Balaban J connectivity index is 1.84. The smallest absolute Gasteiger partial charge is 0.252 e. The summed E-state index contributed by atoms with van der Waals surface area (Å²) in [5.41, 5.74) is 2.38. The molecule has 1 fully saturated rings. The summed E-state index contributed by atoms with van der Waals surface area (Å²) in [5.74, 6) is 1.92. The van der Waals surface area contributed by atoms with Gasteiger partial charge in [0.05, 0.1) is 6.04 Å². The van der Waals surface area contributed by atoms with E-state index in [1.165, 1.54) is 17.2 Å². The zero-order chi connectivity index (χ0) is 14.1. The summed E-state index contributed by atoms with van der Waals surface area (Å²) >= 11 is 0. The van der Waals surface area contributed by atoms with E-state index in [-0.39, 0.29) is 11.6 Å². The molecule has 1 unspecified atom stereocenters. The van der Waals surface area contributed by atoms with Crippen LogP contribution in [0.3, 0.4) is 0 Å². The minimum atomic E-state index is -0.0821. The highest BCUT2D eigenvalue weighted by Crippen LogP contribution is 2.37. The number of rotatable bonds is 4. The van der Waals surface area contributed by atoms with E-state index in [4.69, 9.17) is 0 Å². The van der Waals surface area contributed by atoms with Gasteiger partial charge in [-0.25, -0.2) is 4.98 Å². The second-order valence-electron chi connectivity index (χ2n) is 5.51. The first-order chi connectivity index (χ1) is 9.63. The van der Waals surface area contributed by atoms with Crippen molar-refractivity contribution in [2.24, 2.45) is 0 Å². The SMILES string of the molecule is Cc1ccccc1C(C)Nc1cc(=O)[nH]c(C2CC2)n1. The Bertz CT molecular complexity index is 673. The molecule has 3 rings (SSSR count). The largest absolute Gasteiger partial charge is 0.363 e. The molecule has 1 heterocycles. The molecule has 104 valence electrons. The zero-order valence-corrected chi connectivity index (χ0v) is 11.8. The fourth-order valence-corrected chi connectivity index (χ4v) is 2.47. The average molecular weight is 269 g/mol. The van der Waals surface area contributed by atoms with Gasteiger partial charge in [0.15, 0.2) is 0 Å². The van der Waals surface area contributed by atoms with Crippen molar-refractivity contribution in [3.63, 3.8) is 0 Å². The topological polar surface area (TPSA) is 57.8 Å². The monoisotopic (exact) mass is 269 g/mol. The number of aromatic amines is 1. The lowest BCUT2D eigenvalue weighted by molar-refractivity contribution is 0.842. The van der Waals surface area contributed by atoms with Crippen LogP contribution in [0.15, 0.2) is 35.1 Å². The van der Waals surface area contributed by atoms with Crippen LogP contribution < -0.4 is 10.9 Å². The third kappa shape index (κ3) is 2.74. The third-order valence-corrected chi connectivity index (χ3v) is 3.74. The fraction of sp³-hybridized carbons (Fsp3) is 0.375. The molecule has 0 radical (unpaired) electrons. The zero-order valence-electron chi connectivity index (χ0n) is 11.8. The van der Waals surface area contributed by atoms with Crippen LogP contribution in [-0.2, 0) is 0 Å². The molecule has 0 aliphatic heterocycles. The second-order valence-corrected chi connectivity index (χ2v) is 5.51. The summed E-state index contributed by atoms with van der Waals surface area (Å²) in [4.78, 5) is 19.0. The molecule has 2 aromatic rings. The lowest BCUT2D eigenvalue weighted by Gasteiger charge is -2.17. The Morgan fingerprint density at radius 2 is 2.10 bits per heavy atom.